The Balaban J connectivity index is 1.29. The molecule has 4 rings (SSSR count). The zero-order chi connectivity index (χ0) is 26.0. The monoisotopic (exact) mass is 528 g/mol. The van der Waals surface area contributed by atoms with Crippen LogP contribution in [0.3, 0.4) is 0 Å². The van der Waals surface area contributed by atoms with Crippen LogP contribution in [0, 0.1) is 0 Å². The normalized spacial score (nSPS) is 10.6. The molecule has 0 aromatic heterocycles. The molecule has 37 heavy (non-hydrogen) atoms. The molecule has 0 aliphatic rings. The standard InChI is InChI=1S/C29H28N4O2S2/c30-20-10-1-5-14-24(20)36-26-16-7-3-12-22(26)32-28(34)18-9-19-29(35)33-23-13-4-8-17-27(23)37-25-15-6-2-11-21(25)31/h1-8,10-17H,9,18-19,30-31H2,(H,32,34)(H,33,35). The van der Waals surface area contributed by atoms with Crippen LogP contribution >= 0.6 is 23.5 Å². The van der Waals surface area contributed by atoms with Gasteiger partial charge in [-0.1, -0.05) is 72.1 Å². The molecule has 188 valence electrons. The lowest BCUT2D eigenvalue weighted by Crippen LogP contribution is -2.15. The molecule has 0 saturated carbocycles. The Morgan fingerprint density at radius 2 is 0.892 bits per heavy atom. The lowest BCUT2D eigenvalue weighted by molar-refractivity contribution is -0.117. The maximum absolute atomic E-state index is 12.6. The molecule has 4 aromatic carbocycles. The van der Waals surface area contributed by atoms with Crippen molar-refractivity contribution in [1.82, 2.24) is 0 Å². The van der Waals surface area contributed by atoms with Crippen LogP contribution in [0.25, 0.3) is 0 Å². The Labute approximate surface area is 225 Å². The van der Waals surface area contributed by atoms with Crippen molar-refractivity contribution in [2.24, 2.45) is 0 Å². The van der Waals surface area contributed by atoms with Crippen LogP contribution in [0.2, 0.25) is 0 Å². The van der Waals surface area contributed by atoms with Crippen molar-refractivity contribution in [2.75, 3.05) is 22.1 Å². The number of amides is 2. The summed E-state index contributed by atoms with van der Waals surface area (Å²) in [4.78, 5) is 28.9. The first-order valence-electron chi connectivity index (χ1n) is 11.8. The number of carbonyl (C=O) groups excluding carboxylic acids is 2. The van der Waals surface area contributed by atoms with Crippen molar-refractivity contribution in [1.29, 1.82) is 0 Å². The first kappa shape index (κ1) is 26.2. The van der Waals surface area contributed by atoms with Crippen LogP contribution in [0.4, 0.5) is 22.7 Å². The SMILES string of the molecule is Nc1ccccc1Sc1ccccc1NC(=O)CCCC(=O)Nc1ccccc1Sc1ccccc1N. The Kier molecular flexibility index (Phi) is 9.13. The van der Waals surface area contributed by atoms with Crippen molar-refractivity contribution >= 4 is 58.1 Å². The Morgan fingerprint density at radius 1 is 0.541 bits per heavy atom. The number of carbonyl (C=O) groups is 2. The van der Waals surface area contributed by atoms with Crippen LogP contribution in [0.5, 0.6) is 0 Å². The van der Waals surface area contributed by atoms with Gasteiger partial charge in [-0.05, 0) is 55.0 Å². The molecule has 0 aliphatic carbocycles. The largest absolute Gasteiger partial charge is 0.398 e. The number of rotatable bonds is 10. The average Bonchev–Trinajstić information content (AvgIpc) is 2.89. The van der Waals surface area contributed by atoms with Gasteiger partial charge in [0.1, 0.15) is 0 Å². The fraction of sp³-hybridized carbons (Fsp3) is 0.103. The number of hydrogen-bond donors (Lipinski definition) is 4. The van der Waals surface area contributed by atoms with Crippen molar-refractivity contribution in [3.05, 3.63) is 97.1 Å². The van der Waals surface area contributed by atoms with E-state index in [2.05, 4.69) is 10.6 Å². The highest BCUT2D eigenvalue weighted by molar-refractivity contribution is 8.00. The van der Waals surface area contributed by atoms with E-state index in [1.165, 1.54) is 23.5 Å². The van der Waals surface area contributed by atoms with Gasteiger partial charge in [0.25, 0.3) is 0 Å². The molecule has 0 spiro atoms. The summed E-state index contributed by atoms with van der Waals surface area (Å²) >= 11 is 3.00. The summed E-state index contributed by atoms with van der Waals surface area (Å²) in [6.45, 7) is 0. The summed E-state index contributed by atoms with van der Waals surface area (Å²) in [6, 6.07) is 30.4. The van der Waals surface area contributed by atoms with Crippen LogP contribution in [-0.2, 0) is 9.59 Å². The predicted molar refractivity (Wildman–Crippen MR) is 154 cm³/mol. The third-order valence-electron chi connectivity index (χ3n) is 5.41. The van der Waals surface area contributed by atoms with Crippen LogP contribution in [0.1, 0.15) is 19.3 Å². The molecular weight excluding hydrogens is 500 g/mol. The van der Waals surface area contributed by atoms with E-state index in [0.29, 0.717) is 17.8 Å². The number of para-hydroxylation sites is 4. The molecule has 0 atom stereocenters. The van der Waals surface area contributed by atoms with E-state index in [-0.39, 0.29) is 24.7 Å². The average molecular weight is 529 g/mol. The van der Waals surface area contributed by atoms with E-state index in [0.717, 1.165) is 31.0 Å². The Morgan fingerprint density at radius 3 is 1.30 bits per heavy atom. The van der Waals surface area contributed by atoms with Crippen LogP contribution in [0.15, 0.2) is 117 Å². The summed E-state index contributed by atoms with van der Waals surface area (Å²) in [5.41, 5.74) is 15.0. The molecule has 0 unspecified atom stereocenters. The summed E-state index contributed by atoms with van der Waals surface area (Å²) in [5, 5.41) is 5.94. The molecule has 6 N–H and O–H groups in total. The van der Waals surface area contributed by atoms with Gasteiger partial charge in [0.05, 0.1) is 11.4 Å². The third kappa shape index (κ3) is 7.55. The highest BCUT2D eigenvalue weighted by Gasteiger charge is 2.12. The van der Waals surface area contributed by atoms with Crippen LogP contribution in [-0.4, -0.2) is 11.8 Å². The van der Waals surface area contributed by atoms with E-state index in [1.807, 2.05) is 97.1 Å². The van der Waals surface area contributed by atoms with E-state index in [4.69, 9.17) is 11.5 Å². The summed E-state index contributed by atoms with van der Waals surface area (Å²) in [6.07, 6.45) is 0.896. The number of hydrogen-bond acceptors (Lipinski definition) is 6. The Bertz CT molecular complexity index is 1290. The van der Waals surface area contributed by atoms with Crippen molar-refractivity contribution in [3.63, 3.8) is 0 Å². The fourth-order valence-corrected chi connectivity index (χ4v) is 5.43. The van der Waals surface area contributed by atoms with Gasteiger partial charge in [0, 0.05) is 43.8 Å². The third-order valence-corrected chi connectivity index (χ3v) is 7.74. The quantitative estimate of drug-likeness (QED) is 0.167. The number of nitrogens with two attached hydrogens (primary N) is 2. The van der Waals surface area contributed by atoms with Gasteiger partial charge in [-0.25, -0.2) is 0 Å². The highest BCUT2D eigenvalue weighted by atomic mass is 32.2. The number of benzene rings is 4. The topological polar surface area (TPSA) is 110 Å². The molecular formula is C29H28N4O2S2. The highest BCUT2D eigenvalue weighted by Crippen LogP contribution is 2.37. The van der Waals surface area contributed by atoms with Crippen molar-refractivity contribution in [2.45, 2.75) is 38.8 Å². The first-order chi connectivity index (χ1) is 18.0. The molecule has 0 fully saturated rings. The second kappa shape index (κ2) is 12.9. The van der Waals surface area contributed by atoms with Gasteiger partial charge in [-0.3, -0.25) is 9.59 Å². The fourth-order valence-electron chi connectivity index (χ4n) is 3.54. The zero-order valence-electron chi connectivity index (χ0n) is 20.1. The minimum Gasteiger partial charge on any atom is -0.398 e. The summed E-state index contributed by atoms with van der Waals surface area (Å²) in [7, 11) is 0. The number of nitrogen functional groups attached to an aromatic ring is 2. The van der Waals surface area contributed by atoms with E-state index >= 15 is 0 Å². The molecule has 0 radical (unpaired) electrons. The number of anilines is 4. The number of nitrogens with one attached hydrogen (secondary N) is 2. The van der Waals surface area contributed by atoms with E-state index in [1.54, 1.807) is 0 Å². The molecule has 0 saturated heterocycles. The van der Waals surface area contributed by atoms with Crippen molar-refractivity contribution < 1.29 is 9.59 Å². The summed E-state index contributed by atoms with van der Waals surface area (Å²) in [5.74, 6) is -0.283. The van der Waals surface area contributed by atoms with E-state index in [9.17, 15) is 9.59 Å². The molecule has 0 bridgehead atoms. The maximum atomic E-state index is 12.6. The van der Waals surface area contributed by atoms with Gasteiger partial charge < -0.3 is 22.1 Å². The van der Waals surface area contributed by atoms with E-state index < -0.39 is 0 Å². The van der Waals surface area contributed by atoms with Gasteiger partial charge in [-0.2, -0.15) is 0 Å². The van der Waals surface area contributed by atoms with Gasteiger partial charge in [0.15, 0.2) is 0 Å². The minimum atomic E-state index is -0.141. The second-order valence-electron chi connectivity index (χ2n) is 8.22. The maximum Gasteiger partial charge on any atom is 0.224 e. The first-order valence-corrected chi connectivity index (χ1v) is 13.5. The second-order valence-corrected chi connectivity index (χ2v) is 10.4. The Hall–Kier alpha value is -3.88. The van der Waals surface area contributed by atoms with Gasteiger partial charge in [-0.15, -0.1) is 0 Å². The van der Waals surface area contributed by atoms with Gasteiger partial charge in [0.2, 0.25) is 11.8 Å². The lowest BCUT2D eigenvalue weighted by atomic mass is 10.2. The molecule has 2 amide bonds. The molecule has 0 aliphatic heterocycles. The van der Waals surface area contributed by atoms with Gasteiger partial charge >= 0.3 is 0 Å². The molecule has 8 heteroatoms. The zero-order valence-corrected chi connectivity index (χ0v) is 21.8. The molecule has 0 heterocycles. The predicted octanol–water partition coefficient (Wildman–Crippen LogP) is 6.90. The smallest absolute Gasteiger partial charge is 0.224 e. The van der Waals surface area contributed by atoms with Crippen molar-refractivity contribution in [3.8, 4) is 0 Å². The molecule has 4 aromatic rings. The van der Waals surface area contributed by atoms with Crippen LogP contribution < -0.4 is 22.1 Å². The lowest BCUT2D eigenvalue weighted by Gasteiger charge is -2.13. The summed E-state index contributed by atoms with van der Waals surface area (Å²) < 4.78 is 0. The minimum absolute atomic E-state index is 0.141. The molecule has 6 nitrogen and oxygen atoms in total.